The number of hydrogen-bond acceptors (Lipinski definition) is 6. The highest BCUT2D eigenvalue weighted by Gasteiger charge is 2.11. The van der Waals surface area contributed by atoms with Crippen LogP contribution in [0, 0.1) is 0 Å². The molecule has 3 aromatic carbocycles. The standard InChI is InChI=1S/C25H26N4O4S/c1-3-32-23-15-18(16-26-29-25(34)27-19-9-5-4-6-10-19)13-14-22(23)33-17-24(30)28-20-11-7-8-12-21(20)31-2/h4-16H,3,17H2,1-2H3,(H,28,30)(H2,27,29,34)/b26-16+. The Morgan fingerprint density at radius 1 is 0.941 bits per heavy atom. The number of methoxy groups -OCH3 is 1. The average Bonchev–Trinajstić information content (AvgIpc) is 2.84. The minimum Gasteiger partial charge on any atom is -0.495 e. The van der Waals surface area contributed by atoms with E-state index in [0.717, 1.165) is 11.3 Å². The fourth-order valence-corrected chi connectivity index (χ4v) is 3.09. The monoisotopic (exact) mass is 478 g/mol. The molecule has 3 aromatic rings. The zero-order valence-electron chi connectivity index (χ0n) is 18.9. The number of hydrogen-bond donors (Lipinski definition) is 3. The topological polar surface area (TPSA) is 93.2 Å². The van der Waals surface area contributed by atoms with Crippen LogP contribution in [0.3, 0.4) is 0 Å². The summed E-state index contributed by atoms with van der Waals surface area (Å²) >= 11 is 5.23. The van der Waals surface area contributed by atoms with E-state index >= 15 is 0 Å². The van der Waals surface area contributed by atoms with Gasteiger partial charge in [0.25, 0.3) is 5.91 Å². The molecule has 176 valence electrons. The van der Waals surface area contributed by atoms with Crippen LogP contribution < -0.4 is 30.3 Å². The van der Waals surface area contributed by atoms with Crippen LogP contribution in [0.15, 0.2) is 77.9 Å². The molecule has 8 nitrogen and oxygen atoms in total. The summed E-state index contributed by atoms with van der Waals surface area (Å²) in [5.41, 5.74) is 4.98. The first-order valence-corrected chi connectivity index (χ1v) is 11.0. The lowest BCUT2D eigenvalue weighted by Crippen LogP contribution is -2.23. The molecular formula is C25H26N4O4S. The number of amides is 1. The minimum absolute atomic E-state index is 0.188. The molecule has 0 fully saturated rings. The first kappa shape index (κ1) is 24.5. The van der Waals surface area contributed by atoms with E-state index in [9.17, 15) is 4.79 Å². The van der Waals surface area contributed by atoms with Gasteiger partial charge in [-0.25, -0.2) is 0 Å². The first-order valence-electron chi connectivity index (χ1n) is 10.6. The molecule has 0 aliphatic rings. The second-order valence-electron chi connectivity index (χ2n) is 6.87. The van der Waals surface area contributed by atoms with E-state index in [2.05, 4.69) is 21.2 Å². The third-order valence-corrected chi connectivity index (χ3v) is 4.61. The van der Waals surface area contributed by atoms with Crippen molar-refractivity contribution in [1.82, 2.24) is 5.43 Å². The number of para-hydroxylation sites is 3. The Balaban J connectivity index is 1.57. The van der Waals surface area contributed by atoms with Crippen LogP contribution in [0.5, 0.6) is 17.2 Å². The number of nitrogens with zero attached hydrogens (tertiary/aromatic N) is 1. The van der Waals surface area contributed by atoms with Crippen LogP contribution in [0.2, 0.25) is 0 Å². The zero-order valence-corrected chi connectivity index (χ0v) is 19.7. The Bertz CT molecular complexity index is 1140. The predicted octanol–water partition coefficient (Wildman–Crippen LogP) is 4.43. The van der Waals surface area contributed by atoms with Crippen molar-refractivity contribution in [3.63, 3.8) is 0 Å². The van der Waals surface area contributed by atoms with Gasteiger partial charge in [0.2, 0.25) is 0 Å². The number of nitrogens with one attached hydrogen (secondary N) is 3. The molecule has 1 amide bonds. The van der Waals surface area contributed by atoms with Crippen LogP contribution in [0.4, 0.5) is 11.4 Å². The van der Waals surface area contributed by atoms with Gasteiger partial charge < -0.3 is 24.8 Å². The number of carbonyl (C=O) groups excluding carboxylic acids is 1. The number of benzene rings is 3. The van der Waals surface area contributed by atoms with Gasteiger partial charge in [-0.15, -0.1) is 0 Å². The molecule has 3 rings (SSSR count). The maximum absolute atomic E-state index is 12.3. The molecule has 0 heterocycles. The molecule has 0 atom stereocenters. The molecule has 9 heteroatoms. The maximum Gasteiger partial charge on any atom is 0.262 e. The summed E-state index contributed by atoms with van der Waals surface area (Å²) < 4.78 is 16.6. The van der Waals surface area contributed by atoms with E-state index in [1.165, 1.54) is 0 Å². The summed E-state index contributed by atoms with van der Waals surface area (Å²) in [7, 11) is 1.55. The predicted molar refractivity (Wildman–Crippen MR) is 138 cm³/mol. The molecule has 0 saturated heterocycles. The quantitative estimate of drug-likeness (QED) is 0.225. The van der Waals surface area contributed by atoms with Gasteiger partial charge in [-0.05, 0) is 67.2 Å². The van der Waals surface area contributed by atoms with E-state index < -0.39 is 0 Å². The summed E-state index contributed by atoms with van der Waals surface area (Å²) in [5.74, 6) is 1.20. The largest absolute Gasteiger partial charge is 0.495 e. The Labute approximate surface area is 203 Å². The molecule has 0 saturated carbocycles. The average molecular weight is 479 g/mol. The van der Waals surface area contributed by atoms with Crippen molar-refractivity contribution < 1.29 is 19.0 Å². The minimum atomic E-state index is -0.318. The summed E-state index contributed by atoms with van der Waals surface area (Å²) in [4.78, 5) is 12.3. The van der Waals surface area contributed by atoms with Crippen molar-refractivity contribution in [2.75, 3.05) is 31.0 Å². The van der Waals surface area contributed by atoms with Crippen LogP contribution in [0.25, 0.3) is 0 Å². The van der Waals surface area contributed by atoms with Crippen LogP contribution in [-0.4, -0.2) is 37.6 Å². The van der Waals surface area contributed by atoms with Crippen molar-refractivity contribution in [1.29, 1.82) is 0 Å². The molecule has 0 bridgehead atoms. The lowest BCUT2D eigenvalue weighted by atomic mass is 10.2. The number of thiocarbonyl (C=S) groups is 1. The summed E-state index contributed by atoms with van der Waals surface area (Å²) in [6.07, 6.45) is 1.61. The molecule has 0 aromatic heterocycles. The number of rotatable bonds is 10. The summed E-state index contributed by atoms with van der Waals surface area (Å²) in [5, 5.41) is 10.3. The van der Waals surface area contributed by atoms with Gasteiger partial charge in [0, 0.05) is 5.69 Å². The molecule has 0 aliphatic carbocycles. The first-order chi connectivity index (χ1) is 16.6. The number of hydrazone groups is 1. The SMILES string of the molecule is CCOc1cc(/C=N/NC(=S)Nc2ccccc2)ccc1OCC(=O)Nc1ccccc1OC. The van der Waals surface area contributed by atoms with Gasteiger partial charge in [0.15, 0.2) is 23.2 Å². The molecule has 0 unspecified atom stereocenters. The number of ether oxygens (including phenoxy) is 3. The van der Waals surface area contributed by atoms with Gasteiger partial charge in [-0.3, -0.25) is 10.2 Å². The third kappa shape index (κ3) is 7.49. The molecule has 3 N–H and O–H groups in total. The highest BCUT2D eigenvalue weighted by molar-refractivity contribution is 7.80. The molecule has 34 heavy (non-hydrogen) atoms. The lowest BCUT2D eigenvalue weighted by molar-refractivity contribution is -0.118. The van der Waals surface area contributed by atoms with Crippen LogP contribution in [-0.2, 0) is 4.79 Å². The molecule has 0 spiro atoms. The Morgan fingerprint density at radius 2 is 1.71 bits per heavy atom. The highest BCUT2D eigenvalue weighted by atomic mass is 32.1. The van der Waals surface area contributed by atoms with Crippen molar-refractivity contribution >= 4 is 40.8 Å². The van der Waals surface area contributed by atoms with Gasteiger partial charge in [0.05, 0.1) is 25.6 Å². The Hall–Kier alpha value is -4.11. The van der Waals surface area contributed by atoms with Crippen molar-refractivity contribution in [3.05, 3.63) is 78.4 Å². The maximum atomic E-state index is 12.3. The van der Waals surface area contributed by atoms with Crippen molar-refractivity contribution in [3.8, 4) is 17.2 Å². The van der Waals surface area contributed by atoms with Gasteiger partial charge >= 0.3 is 0 Å². The van der Waals surface area contributed by atoms with Gasteiger partial charge in [0.1, 0.15) is 5.75 Å². The van der Waals surface area contributed by atoms with Gasteiger partial charge in [-0.2, -0.15) is 5.10 Å². The Kier molecular flexibility index (Phi) is 9.24. The highest BCUT2D eigenvalue weighted by Crippen LogP contribution is 2.28. The summed E-state index contributed by atoms with van der Waals surface area (Å²) in [6.45, 7) is 2.12. The second kappa shape index (κ2) is 12.8. The normalized spacial score (nSPS) is 10.4. The van der Waals surface area contributed by atoms with E-state index in [1.54, 1.807) is 43.7 Å². The van der Waals surface area contributed by atoms with E-state index in [-0.39, 0.29) is 12.5 Å². The van der Waals surface area contributed by atoms with Crippen LogP contribution in [0.1, 0.15) is 12.5 Å². The van der Waals surface area contributed by atoms with E-state index in [4.69, 9.17) is 26.4 Å². The van der Waals surface area contributed by atoms with Crippen LogP contribution >= 0.6 is 12.2 Å². The fraction of sp³-hybridized carbons (Fsp3) is 0.160. The van der Waals surface area contributed by atoms with Gasteiger partial charge in [-0.1, -0.05) is 30.3 Å². The second-order valence-corrected chi connectivity index (χ2v) is 7.27. The molecular weight excluding hydrogens is 452 g/mol. The van der Waals surface area contributed by atoms with Crippen molar-refractivity contribution in [2.24, 2.45) is 5.10 Å². The lowest BCUT2D eigenvalue weighted by Gasteiger charge is -2.13. The van der Waals surface area contributed by atoms with E-state index in [0.29, 0.717) is 34.7 Å². The summed E-state index contributed by atoms with van der Waals surface area (Å²) in [6, 6.07) is 22.0. The number of anilines is 2. The molecule has 0 radical (unpaired) electrons. The molecule has 0 aliphatic heterocycles. The van der Waals surface area contributed by atoms with E-state index in [1.807, 2.05) is 49.4 Å². The van der Waals surface area contributed by atoms with Crippen molar-refractivity contribution in [2.45, 2.75) is 6.92 Å². The number of carbonyl (C=O) groups is 1. The third-order valence-electron chi connectivity index (χ3n) is 4.42. The zero-order chi connectivity index (χ0) is 24.2. The fourth-order valence-electron chi connectivity index (χ4n) is 2.92. The smallest absolute Gasteiger partial charge is 0.262 e. The Morgan fingerprint density at radius 3 is 2.47 bits per heavy atom.